The largest absolute Gasteiger partial charge is 0.356 e. The Morgan fingerprint density at radius 3 is 2.38 bits per heavy atom. The lowest BCUT2D eigenvalue weighted by atomic mass is 10.1. The lowest BCUT2D eigenvalue weighted by Crippen LogP contribution is -2.27. The van der Waals surface area contributed by atoms with Gasteiger partial charge in [-0.25, -0.2) is 8.42 Å². The molecule has 0 unspecified atom stereocenters. The van der Waals surface area contributed by atoms with Gasteiger partial charge < -0.3 is 5.32 Å². The van der Waals surface area contributed by atoms with Crippen LogP contribution in [0.5, 0.6) is 0 Å². The summed E-state index contributed by atoms with van der Waals surface area (Å²) in [5.74, 6) is -0.547. The van der Waals surface area contributed by atoms with Gasteiger partial charge in [0.1, 0.15) is 0 Å². The van der Waals surface area contributed by atoms with Crippen molar-refractivity contribution in [2.75, 3.05) is 12.3 Å². The molecule has 7 heteroatoms. The molecular formula is C17H17Cl2NO3S. The van der Waals surface area contributed by atoms with Gasteiger partial charge in [0.15, 0.2) is 9.84 Å². The third-order valence-electron chi connectivity index (χ3n) is 3.40. The maximum atomic E-state index is 12.2. The van der Waals surface area contributed by atoms with E-state index >= 15 is 0 Å². The molecule has 0 saturated heterocycles. The van der Waals surface area contributed by atoms with Crippen molar-refractivity contribution in [1.29, 1.82) is 0 Å². The number of hydrogen-bond acceptors (Lipinski definition) is 3. The van der Waals surface area contributed by atoms with E-state index in [1.165, 1.54) is 12.1 Å². The Morgan fingerprint density at radius 2 is 1.71 bits per heavy atom. The van der Waals surface area contributed by atoms with E-state index in [9.17, 15) is 13.2 Å². The summed E-state index contributed by atoms with van der Waals surface area (Å²) in [4.78, 5) is 11.9. The lowest BCUT2D eigenvalue weighted by molar-refractivity contribution is -0.120. The molecule has 0 spiro atoms. The molecule has 2 aromatic rings. The lowest BCUT2D eigenvalue weighted by Gasteiger charge is -2.07. The van der Waals surface area contributed by atoms with Gasteiger partial charge in [-0.15, -0.1) is 0 Å². The average molecular weight is 386 g/mol. The summed E-state index contributed by atoms with van der Waals surface area (Å²) in [7, 11) is -3.52. The van der Waals surface area contributed by atoms with Crippen molar-refractivity contribution in [3.63, 3.8) is 0 Å². The first-order valence-corrected chi connectivity index (χ1v) is 9.77. The summed E-state index contributed by atoms with van der Waals surface area (Å²) in [5.41, 5.74) is 1.05. The molecule has 2 rings (SSSR count). The van der Waals surface area contributed by atoms with Crippen LogP contribution in [0.2, 0.25) is 10.0 Å². The zero-order valence-corrected chi connectivity index (χ0v) is 15.2. The van der Waals surface area contributed by atoms with Crippen LogP contribution in [0, 0.1) is 0 Å². The Bertz CT molecular complexity index is 805. The second-order valence-corrected chi connectivity index (χ2v) is 8.23. The molecule has 0 aliphatic carbocycles. The monoisotopic (exact) mass is 385 g/mol. The highest BCUT2D eigenvalue weighted by Gasteiger charge is 2.16. The van der Waals surface area contributed by atoms with Gasteiger partial charge in [0.25, 0.3) is 0 Å². The fourth-order valence-electron chi connectivity index (χ4n) is 2.09. The van der Waals surface area contributed by atoms with Crippen LogP contribution in [0.25, 0.3) is 0 Å². The summed E-state index contributed by atoms with van der Waals surface area (Å²) >= 11 is 11.6. The summed E-state index contributed by atoms with van der Waals surface area (Å²) < 4.78 is 24.3. The van der Waals surface area contributed by atoms with Crippen LogP contribution in [0.15, 0.2) is 53.4 Å². The summed E-state index contributed by atoms with van der Waals surface area (Å²) in [5, 5.41) is 3.73. The summed E-state index contributed by atoms with van der Waals surface area (Å²) in [6.07, 6.45) is 0.569. The first kappa shape index (κ1) is 18.8. The number of nitrogens with one attached hydrogen (secondary N) is 1. The van der Waals surface area contributed by atoms with Crippen LogP contribution in [0.4, 0.5) is 0 Å². The van der Waals surface area contributed by atoms with E-state index in [1.54, 1.807) is 24.3 Å². The topological polar surface area (TPSA) is 63.2 Å². The molecule has 128 valence electrons. The van der Waals surface area contributed by atoms with Gasteiger partial charge in [-0.1, -0.05) is 41.4 Å². The first-order chi connectivity index (χ1) is 11.4. The Balaban J connectivity index is 1.79. The number of rotatable bonds is 7. The van der Waals surface area contributed by atoms with Gasteiger partial charge >= 0.3 is 0 Å². The van der Waals surface area contributed by atoms with E-state index in [1.807, 2.05) is 12.1 Å². The highest BCUT2D eigenvalue weighted by molar-refractivity contribution is 7.91. The smallest absolute Gasteiger partial charge is 0.221 e. The second-order valence-electron chi connectivity index (χ2n) is 5.25. The number of carbonyl (C=O) groups excluding carboxylic acids is 1. The molecular weight excluding hydrogens is 369 g/mol. The highest BCUT2D eigenvalue weighted by Crippen LogP contribution is 2.17. The molecule has 24 heavy (non-hydrogen) atoms. The zero-order valence-electron chi connectivity index (χ0n) is 12.8. The predicted molar refractivity (Wildman–Crippen MR) is 96.3 cm³/mol. The molecule has 0 aromatic heterocycles. The Labute approximate surface area is 151 Å². The molecule has 2 aromatic carbocycles. The number of sulfone groups is 1. The summed E-state index contributed by atoms with van der Waals surface area (Å²) in [6, 6.07) is 13.4. The van der Waals surface area contributed by atoms with E-state index in [4.69, 9.17) is 23.2 Å². The molecule has 1 amide bonds. The molecule has 0 bridgehead atoms. The van der Waals surface area contributed by atoms with Crippen molar-refractivity contribution in [2.45, 2.75) is 17.7 Å². The quantitative estimate of drug-likeness (QED) is 0.792. The number of carbonyl (C=O) groups is 1. The van der Waals surface area contributed by atoms with E-state index in [-0.39, 0.29) is 23.0 Å². The molecule has 0 aliphatic rings. The van der Waals surface area contributed by atoms with Crippen LogP contribution in [0.1, 0.15) is 12.0 Å². The van der Waals surface area contributed by atoms with E-state index < -0.39 is 9.84 Å². The fourth-order valence-corrected chi connectivity index (χ4v) is 3.75. The molecule has 4 nitrogen and oxygen atoms in total. The van der Waals surface area contributed by atoms with E-state index in [2.05, 4.69) is 5.32 Å². The van der Waals surface area contributed by atoms with E-state index in [0.717, 1.165) is 5.56 Å². The van der Waals surface area contributed by atoms with Gasteiger partial charge in [0.05, 0.1) is 10.6 Å². The van der Waals surface area contributed by atoms with Gasteiger partial charge in [-0.2, -0.15) is 0 Å². The van der Waals surface area contributed by atoms with Gasteiger partial charge in [-0.3, -0.25) is 4.79 Å². The Hall–Kier alpha value is -1.56. The predicted octanol–water partition coefficient (Wildman–Crippen LogP) is 3.52. The van der Waals surface area contributed by atoms with Crippen molar-refractivity contribution in [2.24, 2.45) is 0 Å². The molecule has 0 saturated carbocycles. The minimum absolute atomic E-state index is 0.0878. The first-order valence-electron chi connectivity index (χ1n) is 7.36. The van der Waals surface area contributed by atoms with Crippen LogP contribution in [-0.4, -0.2) is 26.6 Å². The van der Waals surface area contributed by atoms with Crippen LogP contribution in [0.3, 0.4) is 0 Å². The maximum Gasteiger partial charge on any atom is 0.221 e. The van der Waals surface area contributed by atoms with Crippen molar-refractivity contribution in [1.82, 2.24) is 5.32 Å². The van der Waals surface area contributed by atoms with Crippen molar-refractivity contribution in [3.05, 3.63) is 64.1 Å². The molecule has 0 heterocycles. The third-order valence-corrected chi connectivity index (χ3v) is 5.60. The SMILES string of the molecule is O=C(CCS(=O)(=O)c1cccc(Cl)c1)NCCc1ccc(Cl)cc1. The zero-order chi connectivity index (χ0) is 17.6. The molecule has 0 fully saturated rings. The third kappa shape index (κ3) is 5.82. The average Bonchev–Trinajstić information content (AvgIpc) is 2.55. The molecule has 1 N–H and O–H groups in total. The molecule has 0 radical (unpaired) electrons. The van der Waals surface area contributed by atoms with Crippen molar-refractivity contribution < 1.29 is 13.2 Å². The van der Waals surface area contributed by atoms with Crippen LogP contribution >= 0.6 is 23.2 Å². The van der Waals surface area contributed by atoms with Gasteiger partial charge in [0, 0.05) is 23.0 Å². The van der Waals surface area contributed by atoms with Crippen LogP contribution in [-0.2, 0) is 21.1 Å². The standard InChI is InChI=1S/C17H17Cl2NO3S/c18-14-6-4-13(5-7-14)8-10-20-17(21)9-11-24(22,23)16-3-1-2-15(19)12-16/h1-7,12H,8-11H2,(H,20,21). The maximum absolute atomic E-state index is 12.2. The van der Waals surface area contributed by atoms with E-state index in [0.29, 0.717) is 23.0 Å². The fraction of sp³-hybridized carbons (Fsp3) is 0.235. The van der Waals surface area contributed by atoms with Crippen molar-refractivity contribution in [3.8, 4) is 0 Å². The van der Waals surface area contributed by atoms with Crippen LogP contribution < -0.4 is 5.32 Å². The normalized spacial score (nSPS) is 11.2. The minimum atomic E-state index is -3.52. The van der Waals surface area contributed by atoms with Gasteiger partial charge in [0.2, 0.25) is 5.91 Å². The van der Waals surface area contributed by atoms with Crippen molar-refractivity contribution >= 4 is 38.9 Å². The second kappa shape index (κ2) is 8.51. The Kier molecular flexibility index (Phi) is 6.66. The number of hydrogen-bond donors (Lipinski definition) is 1. The van der Waals surface area contributed by atoms with Gasteiger partial charge in [-0.05, 0) is 42.3 Å². The molecule has 0 aliphatic heterocycles. The molecule has 0 atom stereocenters. The number of benzene rings is 2. The highest BCUT2D eigenvalue weighted by atomic mass is 35.5. The minimum Gasteiger partial charge on any atom is -0.356 e. The number of amides is 1. The number of halogens is 2. The Morgan fingerprint density at radius 1 is 1.00 bits per heavy atom. The summed E-state index contributed by atoms with van der Waals surface area (Å²) in [6.45, 7) is 0.442.